The maximum atomic E-state index is 12.9. The van der Waals surface area contributed by atoms with Crippen molar-refractivity contribution in [2.24, 2.45) is 0 Å². The first-order valence-corrected chi connectivity index (χ1v) is 9.93. The molecule has 1 aliphatic carbocycles. The topological polar surface area (TPSA) is 89.2 Å². The van der Waals surface area contributed by atoms with E-state index in [0.29, 0.717) is 11.3 Å². The van der Waals surface area contributed by atoms with Crippen molar-refractivity contribution >= 4 is 22.5 Å². The maximum absolute atomic E-state index is 12.9. The summed E-state index contributed by atoms with van der Waals surface area (Å²) in [5.74, 6) is -0.480. The van der Waals surface area contributed by atoms with Crippen molar-refractivity contribution < 1.29 is 9.90 Å². The molecular formula is C22H26N4O3. The van der Waals surface area contributed by atoms with Crippen LogP contribution in [0, 0.1) is 0 Å². The average molecular weight is 394 g/mol. The number of anilines is 1. The largest absolute Gasteiger partial charge is 0.386 e. The van der Waals surface area contributed by atoms with E-state index in [1.54, 1.807) is 42.8 Å². The van der Waals surface area contributed by atoms with Gasteiger partial charge in [0, 0.05) is 41.1 Å². The third-order valence-electron chi connectivity index (χ3n) is 5.26. The van der Waals surface area contributed by atoms with Crippen LogP contribution in [0.4, 0.5) is 5.69 Å². The van der Waals surface area contributed by atoms with Crippen molar-refractivity contribution in [1.82, 2.24) is 14.3 Å². The molecule has 2 aromatic heterocycles. The van der Waals surface area contributed by atoms with Crippen LogP contribution in [-0.2, 0) is 5.60 Å². The first-order chi connectivity index (χ1) is 13.6. The van der Waals surface area contributed by atoms with E-state index in [-0.39, 0.29) is 23.2 Å². The monoisotopic (exact) mass is 394 g/mol. The lowest BCUT2D eigenvalue weighted by atomic mass is 9.95. The Kier molecular flexibility index (Phi) is 4.58. The zero-order valence-corrected chi connectivity index (χ0v) is 17.1. The Morgan fingerprint density at radius 3 is 2.66 bits per heavy atom. The quantitative estimate of drug-likeness (QED) is 0.692. The van der Waals surface area contributed by atoms with Gasteiger partial charge >= 0.3 is 0 Å². The Bertz CT molecular complexity index is 1150. The molecule has 0 aliphatic heterocycles. The lowest BCUT2D eigenvalue weighted by Gasteiger charge is -2.22. The highest BCUT2D eigenvalue weighted by Gasteiger charge is 2.27. The summed E-state index contributed by atoms with van der Waals surface area (Å²) in [5, 5.41) is 18.9. The van der Waals surface area contributed by atoms with Crippen molar-refractivity contribution in [3.05, 3.63) is 58.1 Å². The molecule has 0 saturated heterocycles. The minimum absolute atomic E-state index is 0.0964. The first-order valence-electron chi connectivity index (χ1n) is 9.93. The van der Waals surface area contributed by atoms with Crippen LogP contribution >= 0.6 is 0 Å². The number of carbonyl (C=O) groups is 1. The van der Waals surface area contributed by atoms with Crippen molar-refractivity contribution in [3.63, 3.8) is 0 Å². The van der Waals surface area contributed by atoms with Gasteiger partial charge in [-0.25, -0.2) is 0 Å². The molecule has 152 valence electrons. The van der Waals surface area contributed by atoms with E-state index in [0.717, 1.165) is 23.7 Å². The smallest absolute Gasteiger partial charge is 0.263 e. The van der Waals surface area contributed by atoms with Crippen LogP contribution in [-0.4, -0.2) is 25.4 Å². The number of fused-ring (bicyclic) bond motifs is 1. The number of hydrogen-bond donors (Lipinski definition) is 2. The predicted octanol–water partition coefficient (Wildman–Crippen LogP) is 3.59. The summed E-state index contributed by atoms with van der Waals surface area (Å²) in [6.45, 7) is 7.38. The van der Waals surface area contributed by atoms with E-state index in [1.165, 1.54) is 6.07 Å². The van der Waals surface area contributed by atoms with Crippen molar-refractivity contribution in [2.75, 3.05) is 5.32 Å². The van der Waals surface area contributed by atoms with E-state index < -0.39 is 11.5 Å². The molecular weight excluding hydrogens is 368 g/mol. The number of benzene rings is 1. The number of aliphatic hydroxyl groups is 1. The Morgan fingerprint density at radius 2 is 2.03 bits per heavy atom. The van der Waals surface area contributed by atoms with Gasteiger partial charge in [-0.05, 0) is 64.8 Å². The standard InChI is InChI=1S/C22H26N4O3/c1-13(2)26-12-14-10-19(17(22(3,4)29)11-18(14)24-26)23-20(27)16-6-5-9-25(21(16)28)15-7-8-15/h5-6,9-13,15,29H,7-8H2,1-4H3,(H,23,27). The molecule has 3 aromatic rings. The minimum Gasteiger partial charge on any atom is -0.386 e. The zero-order valence-electron chi connectivity index (χ0n) is 17.1. The number of amides is 1. The summed E-state index contributed by atoms with van der Waals surface area (Å²) < 4.78 is 3.47. The molecule has 2 heterocycles. The average Bonchev–Trinajstić information content (AvgIpc) is 3.38. The van der Waals surface area contributed by atoms with E-state index in [1.807, 2.05) is 24.7 Å². The molecule has 1 saturated carbocycles. The van der Waals surface area contributed by atoms with E-state index in [4.69, 9.17) is 0 Å². The molecule has 7 heteroatoms. The van der Waals surface area contributed by atoms with Crippen LogP contribution < -0.4 is 10.9 Å². The van der Waals surface area contributed by atoms with Crippen LogP contribution in [0.1, 0.15) is 68.5 Å². The summed E-state index contributed by atoms with van der Waals surface area (Å²) in [4.78, 5) is 25.6. The number of carbonyl (C=O) groups excluding carboxylic acids is 1. The number of nitrogens with zero attached hydrogens (tertiary/aromatic N) is 3. The van der Waals surface area contributed by atoms with Gasteiger partial charge in [0.1, 0.15) is 5.56 Å². The molecule has 0 atom stereocenters. The van der Waals surface area contributed by atoms with Gasteiger partial charge in [-0.1, -0.05) is 0 Å². The second-order valence-electron chi connectivity index (χ2n) is 8.54. The number of hydrogen-bond acceptors (Lipinski definition) is 4. The molecule has 29 heavy (non-hydrogen) atoms. The van der Waals surface area contributed by atoms with Gasteiger partial charge in [0.05, 0.1) is 11.1 Å². The van der Waals surface area contributed by atoms with E-state index in [2.05, 4.69) is 10.4 Å². The highest BCUT2D eigenvalue weighted by atomic mass is 16.3. The van der Waals surface area contributed by atoms with Crippen molar-refractivity contribution in [1.29, 1.82) is 0 Å². The van der Waals surface area contributed by atoms with Gasteiger partial charge in [0.15, 0.2) is 0 Å². The minimum atomic E-state index is -1.19. The molecule has 1 amide bonds. The van der Waals surface area contributed by atoms with Gasteiger partial charge in [-0.3, -0.25) is 14.3 Å². The van der Waals surface area contributed by atoms with Gasteiger partial charge in [-0.2, -0.15) is 5.10 Å². The third kappa shape index (κ3) is 3.70. The lowest BCUT2D eigenvalue weighted by Crippen LogP contribution is -2.29. The highest BCUT2D eigenvalue weighted by Crippen LogP contribution is 2.34. The van der Waals surface area contributed by atoms with Gasteiger partial charge in [-0.15, -0.1) is 0 Å². The molecule has 0 radical (unpaired) electrons. The lowest BCUT2D eigenvalue weighted by molar-refractivity contribution is 0.0794. The fourth-order valence-corrected chi connectivity index (χ4v) is 3.48. The molecule has 7 nitrogen and oxygen atoms in total. The Balaban J connectivity index is 1.75. The molecule has 1 fully saturated rings. The molecule has 1 aromatic carbocycles. The number of pyridine rings is 1. The molecule has 2 N–H and O–H groups in total. The predicted molar refractivity (Wildman–Crippen MR) is 112 cm³/mol. The van der Waals surface area contributed by atoms with Gasteiger partial charge < -0.3 is 15.0 Å². The van der Waals surface area contributed by atoms with E-state index in [9.17, 15) is 14.7 Å². The summed E-state index contributed by atoms with van der Waals surface area (Å²) in [6, 6.07) is 7.24. The maximum Gasteiger partial charge on any atom is 0.263 e. The molecule has 0 unspecified atom stereocenters. The molecule has 1 aliphatic rings. The second-order valence-corrected chi connectivity index (χ2v) is 8.54. The Morgan fingerprint density at radius 1 is 1.31 bits per heavy atom. The van der Waals surface area contributed by atoms with Crippen LogP contribution in [0.25, 0.3) is 10.9 Å². The molecule has 0 spiro atoms. The fourth-order valence-electron chi connectivity index (χ4n) is 3.48. The normalized spacial score (nSPS) is 14.6. The molecule has 0 bridgehead atoms. The zero-order chi connectivity index (χ0) is 20.9. The number of aromatic nitrogens is 3. The van der Waals surface area contributed by atoms with Crippen LogP contribution in [0.15, 0.2) is 41.5 Å². The van der Waals surface area contributed by atoms with Gasteiger partial charge in [0.2, 0.25) is 0 Å². The van der Waals surface area contributed by atoms with Crippen LogP contribution in [0.3, 0.4) is 0 Å². The second kappa shape index (κ2) is 6.84. The summed E-state index contributed by atoms with van der Waals surface area (Å²) in [5.41, 5.74) is 0.378. The molecule has 4 rings (SSSR count). The SMILES string of the molecule is CC(C)n1cc2cc(NC(=O)c3cccn(C4CC4)c3=O)c(C(C)(C)O)cc2n1. The fraction of sp³-hybridized carbons (Fsp3) is 0.409. The van der Waals surface area contributed by atoms with Crippen LogP contribution in [0.2, 0.25) is 0 Å². The van der Waals surface area contributed by atoms with Crippen molar-refractivity contribution in [2.45, 2.75) is 58.2 Å². The van der Waals surface area contributed by atoms with Crippen molar-refractivity contribution in [3.8, 4) is 0 Å². The van der Waals surface area contributed by atoms with E-state index >= 15 is 0 Å². The van der Waals surface area contributed by atoms with Crippen LogP contribution in [0.5, 0.6) is 0 Å². The summed E-state index contributed by atoms with van der Waals surface area (Å²) >= 11 is 0. The Labute approximate surface area is 169 Å². The highest BCUT2D eigenvalue weighted by molar-refractivity contribution is 6.05. The summed E-state index contributed by atoms with van der Waals surface area (Å²) in [7, 11) is 0. The first kappa shape index (κ1) is 19.4. The van der Waals surface area contributed by atoms with Gasteiger partial charge in [0.25, 0.3) is 11.5 Å². The number of nitrogens with one attached hydrogen (secondary N) is 1. The third-order valence-corrected chi connectivity index (χ3v) is 5.26. The Hall–Kier alpha value is -2.93. The summed E-state index contributed by atoms with van der Waals surface area (Å²) in [6.07, 6.45) is 5.56. The number of rotatable bonds is 5.